The lowest BCUT2D eigenvalue weighted by molar-refractivity contribution is -0.00531. The molecule has 0 bridgehead atoms. The summed E-state index contributed by atoms with van der Waals surface area (Å²) >= 11 is 0. The molecule has 0 fully saturated rings. The van der Waals surface area contributed by atoms with Crippen molar-refractivity contribution in [2.75, 3.05) is 19.0 Å². The molecule has 0 saturated carbocycles. The Bertz CT molecular complexity index is 414. The van der Waals surface area contributed by atoms with E-state index in [1.165, 1.54) is 12.1 Å². The van der Waals surface area contributed by atoms with E-state index in [0.717, 1.165) is 5.56 Å². The minimum absolute atomic E-state index is 0.0602. The van der Waals surface area contributed by atoms with Crippen molar-refractivity contribution >= 4 is 5.69 Å². The van der Waals surface area contributed by atoms with E-state index in [1.807, 2.05) is 33.8 Å². The van der Waals surface area contributed by atoms with Crippen LogP contribution >= 0.6 is 0 Å². The fourth-order valence-corrected chi connectivity index (χ4v) is 2.31. The van der Waals surface area contributed by atoms with E-state index in [2.05, 4.69) is 5.32 Å². The Labute approximate surface area is 114 Å². The van der Waals surface area contributed by atoms with Gasteiger partial charge in [0.1, 0.15) is 5.82 Å². The predicted molar refractivity (Wildman–Crippen MR) is 76.0 cm³/mol. The van der Waals surface area contributed by atoms with Crippen molar-refractivity contribution in [3.63, 3.8) is 0 Å². The van der Waals surface area contributed by atoms with E-state index in [0.29, 0.717) is 12.1 Å². The van der Waals surface area contributed by atoms with Gasteiger partial charge in [0.15, 0.2) is 0 Å². The van der Waals surface area contributed by atoms with Crippen LogP contribution in [0.5, 0.6) is 0 Å². The second kappa shape index (κ2) is 5.88. The van der Waals surface area contributed by atoms with Crippen LogP contribution in [0.25, 0.3) is 0 Å². The Morgan fingerprint density at radius 1 is 1.26 bits per heavy atom. The third-order valence-electron chi connectivity index (χ3n) is 3.21. The number of aliphatic hydroxyl groups excluding tert-OH is 1. The van der Waals surface area contributed by atoms with Crippen LogP contribution in [0.1, 0.15) is 32.8 Å². The highest BCUT2D eigenvalue weighted by molar-refractivity contribution is 5.48. The third kappa shape index (κ3) is 4.80. The molecule has 108 valence electrons. The van der Waals surface area contributed by atoms with Gasteiger partial charge in [0.05, 0.1) is 17.7 Å². The Balaban J connectivity index is 2.91. The van der Waals surface area contributed by atoms with Crippen LogP contribution in [0.3, 0.4) is 0 Å². The van der Waals surface area contributed by atoms with Gasteiger partial charge in [-0.25, -0.2) is 4.39 Å². The maximum absolute atomic E-state index is 13.4. The summed E-state index contributed by atoms with van der Waals surface area (Å²) in [6.45, 7) is 7.59. The Hall–Kier alpha value is -1.13. The predicted octanol–water partition coefficient (Wildman–Crippen LogP) is 3.11. The van der Waals surface area contributed by atoms with Gasteiger partial charge in [-0.05, 0) is 51.5 Å². The molecule has 0 aromatic heterocycles. The molecule has 1 atom stereocenters. The molecule has 19 heavy (non-hydrogen) atoms. The van der Waals surface area contributed by atoms with E-state index in [-0.39, 0.29) is 18.0 Å². The molecule has 0 aliphatic heterocycles. The van der Waals surface area contributed by atoms with E-state index in [4.69, 9.17) is 4.74 Å². The second-order valence-electron chi connectivity index (χ2n) is 6.00. The lowest BCUT2D eigenvalue weighted by atomic mass is 9.88. The standard InChI is InChI=1S/C15H24FNO2/c1-11-6-12(16)8-13(7-11)17-15(4,10-18)9-14(2,3)19-5/h6-8,17-18H,9-10H2,1-5H3. The van der Waals surface area contributed by atoms with E-state index in [1.54, 1.807) is 7.11 Å². The number of benzene rings is 1. The van der Waals surface area contributed by atoms with Crippen molar-refractivity contribution in [1.29, 1.82) is 0 Å². The molecule has 2 N–H and O–H groups in total. The fraction of sp³-hybridized carbons (Fsp3) is 0.600. The van der Waals surface area contributed by atoms with Crippen LogP contribution in [0, 0.1) is 12.7 Å². The number of aryl methyl sites for hydroxylation is 1. The van der Waals surface area contributed by atoms with Crippen LogP contribution < -0.4 is 5.32 Å². The molecule has 0 aliphatic carbocycles. The van der Waals surface area contributed by atoms with Crippen molar-refractivity contribution in [3.05, 3.63) is 29.6 Å². The van der Waals surface area contributed by atoms with Crippen LogP contribution in [0.4, 0.5) is 10.1 Å². The zero-order valence-corrected chi connectivity index (χ0v) is 12.4. The first-order valence-electron chi connectivity index (χ1n) is 6.41. The summed E-state index contributed by atoms with van der Waals surface area (Å²) in [5, 5.41) is 12.8. The lowest BCUT2D eigenvalue weighted by Gasteiger charge is -2.37. The lowest BCUT2D eigenvalue weighted by Crippen LogP contribution is -2.45. The first kappa shape index (κ1) is 15.9. The summed E-state index contributed by atoms with van der Waals surface area (Å²) in [5.74, 6) is -0.284. The van der Waals surface area contributed by atoms with E-state index < -0.39 is 5.54 Å². The van der Waals surface area contributed by atoms with Crippen LogP contribution in [-0.2, 0) is 4.74 Å². The number of aliphatic hydroxyl groups is 1. The highest BCUT2D eigenvalue weighted by Crippen LogP contribution is 2.27. The fourth-order valence-electron chi connectivity index (χ4n) is 2.31. The molecular weight excluding hydrogens is 245 g/mol. The summed E-state index contributed by atoms with van der Waals surface area (Å²) in [7, 11) is 1.64. The Morgan fingerprint density at radius 2 is 1.89 bits per heavy atom. The molecule has 1 rings (SSSR count). The normalized spacial score (nSPS) is 15.1. The monoisotopic (exact) mass is 269 g/mol. The number of rotatable bonds is 6. The Morgan fingerprint density at radius 3 is 2.37 bits per heavy atom. The average molecular weight is 269 g/mol. The molecule has 0 amide bonds. The minimum atomic E-state index is -0.570. The quantitative estimate of drug-likeness (QED) is 0.833. The van der Waals surface area contributed by atoms with Gasteiger partial charge >= 0.3 is 0 Å². The number of hydrogen-bond donors (Lipinski definition) is 2. The van der Waals surface area contributed by atoms with E-state index in [9.17, 15) is 9.50 Å². The van der Waals surface area contributed by atoms with Gasteiger partial charge in [-0.15, -0.1) is 0 Å². The molecule has 1 aromatic carbocycles. The molecule has 0 saturated heterocycles. The van der Waals surface area contributed by atoms with Crippen molar-refractivity contribution in [3.8, 4) is 0 Å². The number of nitrogens with one attached hydrogen (secondary N) is 1. The smallest absolute Gasteiger partial charge is 0.125 e. The molecular formula is C15H24FNO2. The zero-order chi connectivity index (χ0) is 14.7. The van der Waals surface area contributed by atoms with Gasteiger partial charge < -0.3 is 15.2 Å². The average Bonchev–Trinajstić information content (AvgIpc) is 2.26. The Kier molecular flexibility index (Phi) is 4.93. The first-order valence-corrected chi connectivity index (χ1v) is 6.41. The summed E-state index contributed by atoms with van der Waals surface area (Å²) in [4.78, 5) is 0. The van der Waals surface area contributed by atoms with E-state index >= 15 is 0 Å². The van der Waals surface area contributed by atoms with Crippen molar-refractivity contribution in [2.45, 2.75) is 45.3 Å². The van der Waals surface area contributed by atoms with Gasteiger partial charge in [0.25, 0.3) is 0 Å². The summed E-state index contributed by atoms with van der Waals surface area (Å²) in [6, 6.07) is 4.76. The molecule has 0 radical (unpaired) electrons. The number of methoxy groups -OCH3 is 1. The first-order chi connectivity index (χ1) is 8.69. The molecule has 3 nitrogen and oxygen atoms in total. The SMILES string of the molecule is COC(C)(C)CC(C)(CO)Nc1cc(C)cc(F)c1. The highest BCUT2D eigenvalue weighted by atomic mass is 19.1. The molecule has 0 aliphatic rings. The summed E-state index contributed by atoms with van der Waals surface area (Å²) in [6.07, 6.45) is 0.600. The van der Waals surface area contributed by atoms with Gasteiger partial charge in [-0.2, -0.15) is 0 Å². The second-order valence-corrected chi connectivity index (χ2v) is 6.00. The van der Waals surface area contributed by atoms with Crippen molar-refractivity contribution in [1.82, 2.24) is 0 Å². The molecule has 1 aromatic rings. The summed E-state index contributed by atoms with van der Waals surface area (Å²) < 4.78 is 18.8. The minimum Gasteiger partial charge on any atom is -0.394 e. The summed E-state index contributed by atoms with van der Waals surface area (Å²) in [5.41, 5.74) is 0.571. The number of ether oxygens (including phenoxy) is 1. The third-order valence-corrected chi connectivity index (χ3v) is 3.21. The maximum Gasteiger partial charge on any atom is 0.125 e. The van der Waals surface area contributed by atoms with Gasteiger partial charge in [-0.3, -0.25) is 0 Å². The topological polar surface area (TPSA) is 41.5 Å². The molecule has 4 heteroatoms. The number of hydrogen-bond acceptors (Lipinski definition) is 3. The highest BCUT2D eigenvalue weighted by Gasteiger charge is 2.32. The van der Waals surface area contributed by atoms with Gasteiger partial charge in [-0.1, -0.05) is 0 Å². The number of halogens is 1. The maximum atomic E-state index is 13.4. The number of anilines is 1. The largest absolute Gasteiger partial charge is 0.394 e. The van der Waals surface area contributed by atoms with Crippen LogP contribution in [0.15, 0.2) is 18.2 Å². The van der Waals surface area contributed by atoms with Crippen LogP contribution in [-0.4, -0.2) is 30.0 Å². The van der Waals surface area contributed by atoms with Crippen molar-refractivity contribution < 1.29 is 14.2 Å². The van der Waals surface area contributed by atoms with Gasteiger partial charge in [0, 0.05) is 19.2 Å². The van der Waals surface area contributed by atoms with Crippen molar-refractivity contribution in [2.24, 2.45) is 0 Å². The molecule has 0 spiro atoms. The molecule has 1 unspecified atom stereocenters. The van der Waals surface area contributed by atoms with Crippen LogP contribution in [0.2, 0.25) is 0 Å². The van der Waals surface area contributed by atoms with Gasteiger partial charge in [0.2, 0.25) is 0 Å². The zero-order valence-electron chi connectivity index (χ0n) is 12.4. The molecule has 0 heterocycles.